The van der Waals surface area contributed by atoms with E-state index in [0.717, 1.165) is 23.8 Å². The van der Waals surface area contributed by atoms with Crippen molar-refractivity contribution in [3.63, 3.8) is 0 Å². The first kappa shape index (κ1) is 19.5. The van der Waals surface area contributed by atoms with E-state index >= 15 is 0 Å². The van der Waals surface area contributed by atoms with Crippen LogP contribution in [0.5, 0.6) is 0 Å². The fourth-order valence-corrected chi connectivity index (χ4v) is 5.48. The molecule has 0 aliphatic carbocycles. The summed E-state index contributed by atoms with van der Waals surface area (Å²) in [4.78, 5) is 15.8. The summed E-state index contributed by atoms with van der Waals surface area (Å²) in [6.45, 7) is 1.02. The number of aromatic nitrogens is 3. The Morgan fingerprint density at radius 1 is 1.28 bits per heavy atom. The fraction of sp³-hybridized carbons (Fsp3) is 0.294. The molecule has 2 N–H and O–H groups in total. The minimum absolute atomic E-state index is 0.105. The Hall–Kier alpha value is -2.83. The number of nitro groups is 1. The van der Waals surface area contributed by atoms with Crippen molar-refractivity contribution < 1.29 is 13.3 Å². The van der Waals surface area contributed by atoms with Gasteiger partial charge in [0.05, 0.1) is 22.0 Å². The van der Waals surface area contributed by atoms with E-state index < -0.39 is 14.9 Å². The third kappa shape index (κ3) is 3.99. The number of benzene rings is 1. The first-order valence-corrected chi connectivity index (χ1v) is 11.2. The van der Waals surface area contributed by atoms with Gasteiger partial charge in [0.1, 0.15) is 10.7 Å². The number of anilines is 1. The quantitative estimate of drug-likeness (QED) is 0.431. The first-order valence-electron chi connectivity index (χ1n) is 8.93. The van der Waals surface area contributed by atoms with E-state index in [4.69, 9.17) is 0 Å². The van der Waals surface area contributed by atoms with Crippen molar-refractivity contribution in [1.29, 1.82) is 0 Å². The molecule has 0 unspecified atom stereocenters. The van der Waals surface area contributed by atoms with Crippen LogP contribution >= 0.6 is 11.3 Å². The molecule has 0 amide bonds. The van der Waals surface area contributed by atoms with E-state index in [-0.39, 0.29) is 22.8 Å². The summed E-state index contributed by atoms with van der Waals surface area (Å²) in [5.74, 6) is 1.08. The Morgan fingerprint density at radius 2 is 2.07 bits per heavy atom. The van der Waals surface area contributed by atoms with Crippen LogP contribution in [0.2, 0.25) is 0 Å². The Balaban J connectivity index is 1.60. The maximum Gasteiger partial charge on any atom is 0.270 e. The van der Waals surface area contributed by atoms with Crippen LogP contribution in [0.3, 0.4) is 0 Å². The number of sulfonamides is 1. The van der Waals surface area contributed by atoms with Gasteiger partial charge in [-0.3, -0.25) is 15.2 Å². The molecule has 2 aromatic heterocycles. The molecule has 0 radical (unpaired) electrons. The maximum atomic E-state index is 13.0. The van der Waals surface area contributed by atoms with Gasteiger partial charge in [-0.15, -0.1) is 11.3 Å². The van der Waals surface area contributed by atoms with E-state index in [9.17, 15) is 18.5 Å². The van der Waals surface area contributed by atoms with Crippen LogP contribution < -0.4 is 5.32 Å². The van der Waals surface area contributed by atoms with Crippen LogP contribution in [0.25, 0.3) is 10.7 Å². The van der Waals surface area contributed by atoms with Crippen molar-refractivity contribution in [3.8, 4) is 10.7 Å². The number of nitrogens with one attached hydrogen (secondary N) is 2. The van der Waals surface area contributed by atoms with E-state index in [1.807, 2.05) is 17.5 Å². The normalized spacial score (nSPS) is 14.9. The van der Waals surface area contributed by atoms with Gasteiger partial charge in [-0.1, -0.05) is 6.07 Å². The van der Waals surface area contributed by atoms with Gasteiger partial charge >= 0.3 is 0 Å². The van der Waals surface area contributed by atoms with Gasteiger partial charge in [-0.2, -0.15) is 9.40 Å². The van der Waals surface area contributed by atoms with Gasteiger partial charge < -0.3 is 5.32 Å². The molecule has 1 aliphatic rings. The summed E-state index contributed by atoms with van der Waals surface area (Å²) in [6, 6.07) is 7.61. The SMILES string of the molecule is O=[N+]([O-])c1ccc(NCc2nc(-c3cccs3)n[nH]2)c(S(=O)(=O)N2CCCC2)c1. The van der Waals surface area contributed by atoms with Crippen LogP contribution in [0, 0.1) is 10.1 Å². The Kier molecular flexibility index (Phi) is 5.30. The minimum Gasteiger partial charge on any atom is -0.377 e. The Bertz CT molecular complexity index is 1120. The van der Waals surface area contributed by atoms with Crippen molar-refractivity contribution in [1.82, 2.24) is 19.5 Å². The molecule has 0 bridgehead atoms. The molecule has 1 fully saturated rings. The van der Waals surface area contributed by atoms with Crippen LogP contribution in [0.1, 0.15) is 18.7 Å². The average molecular weight is 435 g/mol. The van der Waals surface area contributed by atoms with E-state index in [2.05, 4.69) is 20.5 Å². The standard InChI is InChI=1S/C17H18N6O4S2/c24-23(25)12-5-6-13(15(10-12)29(26,27)22-7-1-2-8-22)18-11-16-19-17(21-20-16)14-4-3-9-28-14/h3-6,9-10,18H,1-2,7-8,11H2,(H,19,20,21). The minimum atomic E-state index is -3.84. The summed E-state index contributed by atoms with van der Waals surface area (Å²) in [7, 11) is -3.84. The number of hydrogen-bond donors (Lipinski definition) is 2. The molecule has 4 rings (SSSR count). The molecular formula is C17H18N6O4S2. The summed E-state index contributed by atoms with van der Waals surface area (Å²) >= 11 is 1.51. The molecule has 3 heterocycles. The predicted octanol–water partition coefficient (Wildman–Crippen LogP) is 2.84. The highest BCUT2D eigenvalue weighted by atomic mass is 32.2. The Morgan fingerprint density at radius 3 is 2.76 bits per heavy atom. The smallest absolute Gasteiger partial charge is 0.270 e. The van der Waals surface area contributed by atoms with Crippen molar-refractivity contribution in [2.75, 3.05) is 18.4 Å². The topological polar surface area (TPSA) is 134 Å². The number of H-pyrrole nitrogens is 1. The predicted molar refractivity (Wildman–Crippen MR) is 108 cm³/mol. The molecular weight excluding hydrogens is 416 g/mol. The van der Waals surface area contributed by atoms with Gasteiger partial charge in [0.2, 0.25) is 10.0 Å². The number of hydrogen-bond acceptors (Lipinski definition) is 8. The number of thiophene rings is 1. The van der Waals surface area contributed by atoms with Gasteiger partial charge in [0, 0.05) is 25.2 Å². The zero-order valence-corrected chi connectivity index (χ0v) is 16.9. The van der Waals surface area contributed by atoms with Crippen LogP contribution in [-0.4, -0.2) is 45.9 Å². The van der Waals surface area contributed by atoms with Gasteiger partial charge in [-0.25, -0.2) is 13.4 Å². The highest BCUT2D eigenvalue weighted by molar-refractivity contribution is 7.89. The lowest BCUT2D eigenvalue weighted by atomic mass is 10.3. The number of rotatable bonds is 7. The molecule has 1 aliphatic heterocycles. The second-order valence-electron chi connectivity index (χ2n) is 6.49. The van der Waals surface area contributed by atoms with Gasteiger partial charge in [0.15, 0.2) is 5.82 Å². The molecule has 29 heavy (non-hydrogen) atoms. The summed E-state index contributed by atoms with van der Waals surface area (Å²) in [5, 5.41) is 23.1. The molecule has 3 aromatic rings. The van der Waals surface area contributed by atoms with Crippen molar-refractivity contribution in [2.24, 2.45) is 0 Å². The second kappa shape index (κ2) is 7.89. The zero-order chi connectivity index (χ0) is 20.4. The Labute approximate surface area is 170 Å². The highest BCUT2D eigenvalue weighted by Gasteiger charge is 2.31. The number of aromatic amines is 1. The lowest BCUT2D eigenvalue weighted by Crippen LogP contribution is -2.28. The lowest BCUT2D eigenvalue weighted by molar-refractivity contribution is -0.385. The van der Waals surface area contributed by atoms with Gasteiger partial charge in [0.25, 0.3) is 5.69 Å². The summed E-state index contributed by atoms with van der Waals surface area (Å²) in [6.07, 6.45) is 1.56. The number of nitro benzene ring substituents is 1. The number of nitrogens with zero attached hydrogens (tertiary/aromatic N) is 4. The molecule has 12 heteroatoms. The average Bonchev–Trinajstić information content (AvgIpc) is 3.48. The van der Waals surface area contributed by atoms with Crippen LogP contribution in [-0.2, 0) is 16.6 Å². The largest absolute Gasteiger partial charge is 0.377 e. The molecule has 0 spiro atoms. The van der Waals surface area contributed by atoms with Gasteiger partial charge in [-0.05, 0) is 30.4 Å². The summed E-state index contributed by atoms with van der Waals surface area (Å²) in [5.41, 5.74) is 0.0181. The van der Waals surface area contributed by atoms with Crippen LogP contribution in [0.4, 0.5) is 11.4 Å². The number of non-ortho nitro benzene ring substituents is 1. The van der Waals surface area contributed by atoms with Crippen LogP contribution in [0.15, 0.2) is 40.6 Å². The zero-order valence-electron chi connectivity index (χ0n) is 15.2. The lowest BCUT2D eigenvalue weighted by Gasteiger charge is -2.18. The molecule has 152 valence electrons. The third-order valence-corrected chi connectivity index (χ3v) is 7.38. The van der Waals surface area contributed by atoms with Crippen molar-refractivity contribution >= 4 is 32.7 Å². The van der Waals surface area contributed by atoms with E-state index in [0.29, 0.717) is 24.7 Å². The first-order chi connectivity index (χ1) is 13.9. The highest BCUT2D eigenvalue weighted by Crippen LogP contribution is 2.31. The molecule has 0 saturated carbocycles. The maximum absolute atomic E-state index is 13.0. The molecule has 10 nitrogen and oxygen atoms in total. The van der Waals surface area contributed by atoms with Crippen molar-refractivity contribution in [2.45, 2.75) is 24.3 Å². The van der Waals surface area contributed by atoms with Crippen molar-refractivity contribution in [3.05, 3.63) is 51.7 Å². The third-order valence-electron chi connectivity index (χ3n) is 4.58. The van der Waals surface area contributed by atoms with E-state index in [1.165, 1.54) is 27.8 Å². The second-order valence-corrected chi connectivity index (χ2v) is 9.34. The molecule has 1 aromatic carbocycles. The summed E-state index contributed by atoms with van der Waals surface area (Å²) < 4.78 is 27.4. The molecule has 1 saturated heterocycles. The van der Waals surface area contributed by atoms with E-state index in [1.54, 1.807) is 0 Å². The molecule has 0 atom stereocenters. The monoisotopic (exact) mass is 434 g/mol. The fourth-order valence-electron chi connectivity index (χ4n) is 3.12.